The van der Waals surface area contributed by atoms with Crippen molar-refractivity contribution in [1.29, 1.82) is 0 Å². The summed E-state index contributed by atoms with van der Waals surface area (Å²) in [4.78, 5) is 0. The number of aromatic hydroxyl groups is 1. The molecule has 0 radical (unpaired) electrons. The average molecular weight is 240 g/mol. The number of aliphatic hydroxyl groups is 1. The van der Waals surface area contributed by atoms with E-state index in [-0.39, 0.29) is 6.10 Å². The largest absolute Gasteiger partial charge is 0.508 e. The first kappa shape index (κ1) is 11.3. The Morgan fingerprint density at radius 2 is 1.78 bits per heavy atom. The third-order valence-corrected chi connectivity index (χ3v) is 3.59. The molecule has 1 aliphatic rings. The molecule has 0 fully saturated rings. The maximum Gasteiger partial charge on any atom is 0.116 e. The van der Waals surface area contributed by atoms with E-state index in [0.29, 0.717) is 5.75 Å². The Labute approximate surface area is 107 Å². The normalized spacial score (nSPS) is 18.4. The van der Waals surface area contributed by atoms with Crippen LogP contribution in [0.25, 0.3) is 11.1 Å². The van der Waals surface area contributed by atoms with E-state index in [0.717, 1.165) is 30.4 Å². The zero-order valence-corrected chi connectivity index (χ0v) is 10.1. The van der Waals surface area contributed by atoms with Crippen molar-refractivity contribution in [3.63, 3.8) is 0 Å². The molecular weight excluding hydrogens is 224 g/mol. The molecule has 0 heterocycles. The summed E-state index contributed by atoms with van der Waals surface area (Å²) >= 11 is 0. The lowest BCUT2D eigenvalue weighted by Crippen LogP contribution is -2.18. The molecular formula is C16H16O2. The summed E-state index contributed by atoms with van der Waals surface area (Å²) in [5.74, 6) is 0.292. The summed E-state index contributed by atoms with van der Waals surface area (Å²) in [6.45, 7) is 0. The van der Waals surface area contributed by atoms with Crippen LogP contribution in [0.4, 0.5) is 0 Å². The van der Waals surface area contributed by atoms with Crippen molar-refractivity contribution >= 4 is 0 Å². The van der Waals surface area contributed by atoms with Crippen LogP contribution in [0.2, 0.25) is 0 Å². The number of hydrogen-bond acceptors (Lipinski definition) is 2. The van der Waals surface area contributed by atoms with Crippen LogP contribution < -0.4 is 0 Å². The number of phenols is 1. The molecule has 0 spiro atoms. The van der Waals surface area contributed by atoms with Gasteiger partial charge < -0.3 is 10.2 Å². The maximum atomic E-state index is 9.65. The molecule has 0 bridgehead atoms. The Morgan fingerprint density at radius 1 is 0.944 bits per heavy atom. The summed E-state index contributed by atoms with van der Waals surface area (Å²) in [5.41, 5.74) is 4.73. The predicted molar refractivity (Wildman–Crippen MR) is 71.6 cm³/mol. The van der Waals surface area contributed by atoms with Crippen molar-refractivity contribution in [2.75, 3.05) is 0 Å². The highest BCUT2D eigenvalue weighted by Crippen LogP contribution is 2.29. The van der Waals surface area contributed by atoms with E-state index in [9.17, 15) is 10.2 Å². The SMILES string of the molecule is Oc1cccc(-c2ccc3c(c2)CCC(O)C3)c1. The van der Waals surface area contributed by atoms with Crippen LogP contribution in [0, 0.1) is 0 Å². The van der Waals surface area contributed by atoms with Gasteiger partial charge in [-0.1, -0.05) is 30.3 Å². The van der Waals surface area contributed by atoms with Crippen LogP contribution in [-0.4, -0.2) is 16.3 Å². The summed E-state index contributed by atoms with van der Waals surface area (Å²) in [6, 6.07) is 13.6. The monoisotopic (exact) mass is 240 g/mol. The molecule has 2 N–H and O–H groups in total. The second-order valence-corrected chi connectivity index (χ2v) is 4.93. The fourth-order valence-corrected chi connectivity index (χ4v) is 2.60. The number of hydrogen-bond donors (Lipinski definition) is 2. The fourth-order valence-electron chi connectivity index (χ4n) is 2.60. The third-order valence-electron chi connectivity index (χ3n) is 3.59. The summed E-state index contributed by atoms with van der Waals surface area (Å²) < 4.78 is 0. The van der Waals surface area contributed by atoms with Gasteiger partial charge in [-0.2, -0.15) is 0 Å². The molecule has 1 atom stereocenters. The molecule has 1 unspecified atom stereocenters. The molecule has 0 aromatic heterocycles. The minimum atomic E-state index is -0.191. The average Bonchev–Trinajstić information content (AvgIpc) is 2.38. The van der Waals surface area contributed by atoms with Gasteiger partial charge in [0.15, 0.2) is 0 Å². The number of fused-ring (bicyclic) bond motifs is 1. The third kappa shape index (κ3) is 2.12. The minimum absolute atomic E-state index is 0.191. The van der Waals surface area contributed by atoms with E-state index < -0.39 is 0 Å². The Hall–Kier alpha value is -1.80. The van der Waals surface area contributed by atoms with Gasteiger partial charge in [-0.3, -0.25) is 0 Å². The fraction of sp³-hybridized carbons (Fsp3) is 0.250. The van der Waals surface area contributed by atoms with Gasteiger partial charge in [0.1, 0.15) is 5.75 Å². The first-order valence-corrected chi connectivity index (χ1v) is 6.31. The number of phenolic OH excluding ortho intramolecular Hbond substituents is 1. The minimum Gasteiger partial charge on any atom is -0.508 e. The van der Waals surface area contributed by atoms with Gasteiger partial charge in [0.25, 0.3) is 0 Å². The highest BCUT2D eigenvalue weighted by molar-refractivity contribution is 5.66. The first-order chi connectivity index (χ1) is 8.72. The number of aliphatic hydroxyl groups excluding tert-OH is 1. The molecule has 2 aromatic carbocycles. The molecule has 2 nitrogen and oxygen atoms in total. The van der Waals surface area contributed by atoms with E-state index in [4.69, 9.17) is 0 Å². The number of aryl methyl sites for hydroxylation is 1. The van der Waals surface area contributed by atoms with Gasteiger partial charge >= 0.3 is 0 Å². The molecule has 3 rings (SSSR count). The topological polar surface area (TPSA) is 40.5 Å². The first-order valence-electron chi connectivity index (χ1n) is 6.31. The van der Waals surface area contributed by atoms with Crippen molar-refractivity contribution in [2.24, 2.45) is 0 Å². The lowest BCUT2D eigenvalue weighted by atomic mass is 9.87. The molecule has 2 aromatic rings. The molecule has 92 valence electrons. The van der Waals surface area contributed by atoms with Gasteiger partial charge in [-0.05, 0) is 53.6 Å². The van der Waals surface area contributed by atoms with E-state index in [1.807, 2.05) is 12.1 Å². The zero-order chi connectivity index (χ0) is 12.5. The maximum absolute atomic E-state index is 9.65. The Balaban J connectivity index is 2.00. The van der Waals surface area contributed by atoms with Crippen molar-refractivity contribution in [2.45, 2.75) is 25.4 Å². The molecule has 0 aliphatic heterocycles. The second kappa shape index (κ2) is 4.46. The van der Waals surface area contributed by atoms with Crippen molar-refractivity contribution in [3.05, 3.63) is 53.6 Å². The predicted octanol–water partition coefficient (Wildman–Crippen LogP) is 2.91. The highest BCUT2D eigenvalue weighted by atomic mass is 16.3. The van der Waals surface area contributed by atoms with E-state index >= 15 is 0 Å². The van der Waals surface area contributed by atoms with Crippen LogP contribution in [0.3, 0.4) is 0 Å². The van der Waals surface area contributed by atoms with Crippen molar-refractivity contribution < 1.29 is 10.2 Å². The molecule has 2 heteroatoms. The van der Waals surface area contributed by atoms with Crippen LogP contribution >= 0.6 is 0 Å². The second-order valence-electron chi connectivity index (χ2n) is 4.93. The molecule has 0 saturated carbocycles. The quantitative estimate of drug-likeness (QED) is 0.804. The smallest absolute Gasteiger partial charge is 0.116 e. The van der Waals surface area contributed by atoms with Gasteiger partial charge in [-0.15, -0.1) is 0 Å². The zero-order valence-electron chi connectivity index (χ0n) is 10.1. The number of benzene rings is 2. The molecule has 1 aliphatic carbocycles. The Kier molecular flexibility index (Phi) is 2.80. The standard InChI is InChI=1S/C16H16O2/c17-15-3-1-2-11(9-15)12-4-5-14-10-16(18)7-6-13(14)8-12/h1-5,8-9,16-18H,6-7,10H2. The van der Waals surface area contributed by atoms with Crippen LogP contribution in [-0.2, 0) is 12.8 Å². The lowest BCUT2D eigenvalue weighted by Gasteiger charge is -2.21. The summed E-state index contributed by atoms with van der Waals surface area (Å²) in [5, 5.41) is 19.2. The van der Waals surface area contributed by atoms with Crippen molar-refractivity contribution in [3.8, 4) is 16.9 Å². The molecule has 18 heavy (non-hydrogen) atoms. The van der Waals surface area contributed by atoms with Gasteiger partial charge in [-0.25, -0.2) is 0 Å². The summed E-state index contributed by atoms with van der Waals surface area (Å²) in [6.07, 6.45) is 2.35. The van der Waals surface area contributed by atoms with Crippen LogP contribution in [0.5, 0.6) is 5.75 Å². The lowest BCUT2D eigenvalue weighted by molar-refractivity contribution is 0.158. The van der Waals surface area contributed by atoms with Gasteiger partial charge in [0, 0.05) is 0 Å². The summed E-state index contributed by atoms with van der Waals surface area (Å²) in [7, 11) is 0. The van der Waals surface area contributed by atoms with Crippen molar-refractivity contribution in [1.82, 2.24) is 0 Å². The Bertz CT molecular complexity index is 575. The van der Waals surface area contributed by atoms with Crippen LogP contribution in [0.15, 0.2) is 42.5 Å². The highest BCUT2D eigenvalue weighted by Gasteiger charge is 2.16. The Morgan fingerprint density at radius 3 is 2.61 bits per heavy atom. The van der Waals surface area contributed by atoms with Gasteiger partial charge in [0.05, 0.1) is 6.10 Å². The van der Waals surface area contributed by atoms with Gasteiger partial charge in [0.2, 0.25) is 0 Å². The van der Waals surface area contributed by atoms with E-state index in [1.165, 1.54) is 11.1 Å². The van der Waals surface area contributed by atoms with E-state index in [1.54, 1.807) is 12.1 Å². The molecule has 0 amide bonds. The van der Waals surface area contributed by atoms with Crippen LogP contribution in [0.1, 0.15) is 17.5 Å². The molecule has 0 saturated heterocycles. The number of rotatable bonds is 1. The van der Waals surface area contributed by atoms with E-state index in [2.05, 4.69) is 18.2 Å².